The van der Waals surface area contributed by atoms with Gasteiger partial charge in [0, 0.05) is 23.4 Å². The number of para-hydroxylation sites is 2. The monoisotopic (exact) mass is 427 g/mol. The van der Waals surface area contributed by atoms with Crippen LogP contribution in [0.25, 0.3) is 27.6 Å². The number of hydrogen-bond donors (Lipinski definition) is 1. The Bertz CT molecular complexity index is 1410. The van der Waals surface area contributed by atoms with E-state index in [1.165, 1.54) is 5.56 Å². The smallest absolute Gasteiger partial charge is 0.281 e. The average Bonchev–Trinajstić information content (AvgIpc) is 3.18. The Morgan fingerprint density at radius 2 is 1.55 bits per heavy atom. The van der Waals surface area contributed by atoms with Gasteiger partial charge in [0.05, 0.1) is 12.1 Å². The van der Waals surface area contributed by atoms with Gasteiger partial charge in [-0.15, -0.1) is 0 Å². The fourth-order valence-corrected chi connectivity index (χ4v) is 4.88. The summed E-state index contributed by atoms with van der Waals surface area (Å²) in [6.07, 6.45) is 0. The summed E-state index contributed by atoms with van der Waals surface area (Å²) in [5, 5.41) is 11.4. The molecule has 0 aliphatic heterocycles. The van der Waals surface area contributed by atoms with Crippen LogP contribution in [0.4, 0.5) is 0 Å². The van der Waals surface area contributed by atoms with Gasteiger partial charge < -0.3 is 9.67 Å². The molecule has 31 heavy (non-hydrogen) atoms. The van der Waals surface area contributed by atoms with Gasteiger partial charge in [-0.3, -0.25) is 9.36 Å². The molecule has 0 aliphatic rings. The molecule has 0 spiro atoms. The highest BCUT2D eigenvalue weighted by Crippen LogP contribution is 2.30. The van der Waals surface area contributed by atoms with E-state index in [1.54, 1.807) is 16.3 Å². The molecule has 0 amide bonds. The summed E-state index contributed by atoms with van der Waals surface area (Å²) in [6.45, 7) is 0.248. The first-order valence-corrected chi connectivity index (χ1v) is 11.1. The number of fused-ring (bicyclic) bond motifs is 3. The van der Waals surface area contributed by atoms with E-state index < -0.39 is 0 Å². The Kier molecular flexibility index (Phi) is 5.32. The summed E-state index contributed by atoms with van der Waals surface area (Å²) in [4.78, 5) is 18.6. The van der Waals surface area contributed by atoms with Gasteiger partial charge in [0.1, 0.15) is 11.0 Å². The molecule has 154 valence electrons. The highest BCUT2D eigenvalue weighted by molar-refractivity contribution is 7.98. The lowest BCUT2D eigenvalue weighted by Gasteiger charge is -2.12. The Morgan fingerprint density at radius 1 is 0.871 bits per heavy atom. The molecule has 2 aromatic heterocycles. The van der Waals surface area contributed by atoms with Crippen molar-refractivity contribution in [2.24, 2.45) is 0 Å². The minimum absolute atomic E-state index is 0.0675. The maximum Gasteiger partial charge on any atom is 0.281 e. The van der Waals surface area contributed by atoms with Crippen molar-refractivity contribution in [2.45, 2.75) is 17.5 Å². The number of benzene rings is 3. The zero-order valence-corrected chi connectivity index (χ0v) is 17.6. The molecular formula is C25H21N3O2S. The third-order valence-corrected chi connectivity index (χ3v) is 6.33. The van der Waals surface area contributed by atoms with Gasteiger partial charge in [-0.2, -0.15) is 0 Å². The molecule has 0 unspecified atom stereocenters. The van der Waals surface area contributed by atoms with E-state index in [2.05, 4.69) is 12.1 Å². The van der Waals surface area contributed by atoms with Gasteiger partial charge in [-0.25, -0.2) is 4.98 Å². The maximum absolute atomic E-state index is 13.7. The second-order valence-corrected chi connectivity index (χ2v) is 8.18. The first-order chi connectivity index (χ1) is 15.3. The molecule has 0 saturated carbocycles. The minimum atomic E-state index is -0.132. The van der Waals surface area contributed by atoms with Crippen molar-refractivity contribution in [3.8, 4) is 5.69 Å². The van der Waals surface area contributed by atoms with Gasteiger partial charge in [-0.05, 0) is 23.8 Å². The fraction of sp³-hybridized carbons (Fsp3) is 0.120. The van der Waals surface area contributed by atoms with Crippen molar-refractivity contribution in [2.75, 3.05) is 6.61 Å². The second kappa shape index (κ2) is 8.41. The molecular weight excluding hydrogens is 406 g/mol. The van der Waals surface area contributed by atoms with Gasteiger partial charge in [0.15, 0.2) is 5.16 Å². The van der Waals surface area contributed by atoms with Crippen LogP contribution >= 0.6 is 11.8 Å². The van der Waals surface area contributed by atoms with Gasteiger partial charge in [-0.1, -0.05) is 78.5 Å². The molecule has 1 N–H and O–H groups in total. The van der Waals surface area contributed by atoms with Crippen LogP contribution in [-0.4, -0.2) is 25.8 Å². The van der Waals surface area contributed by atoms with Crippen molar-refractivity contribution >= 4 is 33.7 Å². The van der Waals surface area contributed by atoms with E-state index in [-0.39, 0.29) is 12.2 Å². The first-order valence-electron chi connectivity index (χ1n) is 10.1. The van der Waals surface area contributed by atoms with E-state index in [0.717, 1.165) is 27.5 Å². The van der Waals surface area contributed by atoms with Gasteiger partial charge in [0.2, 0.25) is 0 Å². The number of pyridine rings is 1. The Balaban J connectivity index is 1.76. The summed E-state index contributed by atoms with van der Waals surface area (Å²) in [5.41, 5.74) is 3.87. The lowest BCUT2D eigenvalue weighted by molar-refractivity contribution is 0.273. The number of rotatable bonds is 6. The molecule has 0 radical (unpaired) electrons. The summed E-state index contributed by atoms with van der Waals surface area (Å²) >= 11 is 1.58. The third kappa shape index (κ3) is 3.54. The number of nitrogens with zero attached hydrogens (tertiary/aromatic N) is 3. The van der Waals surface area contributed by atoms with Crippen molar-refractivity contribution in [1.29, 1.82) is 0 Å². The Hall–Kier alpha value is -3.35. The van der Waals surface area contributed by atoms with Gasteiger partial charge in [0.25, 0.3) is 5.56 Å². The van der Waals surface area contributed by atoms with Crippen molar-refractivity contribution in [1.82, 2.24) is 14.1 Å². The van der Waals surface area contributed by atoms with Crippen LogP contribution in [0.1, 0.15) is 5.56 Å². The second-order valence-electron chi connectivity index (χ2n) is 7.23. The molecule has 0 bridgehead atoms. The van der Waals surface area contributed by atoms with Crippen LogP contribution in [0.2, 0.25) is 0 Å². The molecule has 3 aromatic carbocycles. The third-order valence-electron chi connectivity index (χ3n) is 5.29. The fourth-order valence-electron chi connectivity index (χ4n) is 3.89. The highest BCUT2D eigenvalue weighted by Gasteiger charge is 2.20. The van der Waals surface area contributed by atoms with Crippen molar-refractivity contribution in [3.05, 3.63) is 101 Å². The molecule has 0 aliphatic carbocycles. The van der Waals surface area contributed by atoms with Crippen LogP contribution in [0.15, 0.2) is 94.9 Å². The van der Waals surface area contributed by atoms with Crippen LogP contribution in [0.5, 0.6) is 0 Å². The summed E-state index contributed by atoms with van der Waals surface area (Å²) in [6, 6.07) is 27.6. The molecule has 2 heterocycles. The van der Waals surface area contributed by atoms with E-state index in [4.69, 9.17) is 4.98 Å². The van der Waals surface area contributed by atoms with E-state index >= 15 is 0 Å². The summed E-state index contributed by atoms with van der Waals surface area (Å²) < 4.78 is 3.59. The van der Waals surface area contributed by atoms with E-state index in [9.17, 15) is 9.90 Å². The topological polar surface area (TPSA) is 60.1 Å². The lowest BCUT2D eigenvalue weighted by Crippen LogP contribution is -2.22. The average molecular weight is 428 g/mol. The van der Waals surface area contributed by atoms with Crippen LogP contribution in [0.3, 0.4) is 0 Å². The number of hydrogen-bond acceptors (Lipinski definition) is 4. The standard InChI is InChI=1S/C25H21N3O2S/c29-16-15-27-23-22(26-25(27)31-17-18-9-3-1-4-10-18)20-13-7-8-14-21(20)28(24(23)30)19-11-5-2-6-12-19/h1-14,29H,15-17H2. The number of aromatic nitrogens is 3. The molecule has 6 heteroatoms. The number of imidazole rings is 1. The normalized spacial score (nSPS) is 11.4. The molecule has 5 aromatic rings. The SMILES string of the molecule is O=c1c2c(nc(SCc3ccccc3)n2CCO)c2ccccc2n1-c1ccccc1. The van der Waals surface area contributed by atoms with Crippen LogP contribution in [0, 0.1) is 0 Å². The summed E-state index contributed by atoms with van der Waals surface area (Å²) in [5.74, 6) is 0.737. The molecule has 0 fully saturated rings. The Labute approximate surface area is 183 Å². The predicted octanol–water partition coefficient (Wildman–Crippen LogP) is 4.63. The van der Waals surface area contributed by atoms with Crippen molar-refractivity contribution < 1.29 is 5.11 Å². The molecule has 0 atom stereocenters. The minimum Gasteiger partial charge on any atom is -0.395 e. The maximum atomic E-state index is 13.7. The lowest BCUT2D eigenvalue weighted by atomic mass is 10.1. The quantitative estimate of drug-likeness (QED) is 0.402. The molecule has 0 saturated heterocycles. The highest BCUT2D eigenvalue weighted by atomic mass is 32.2. The predicted molar refractivity (Wildman–Crippen MR) is 126 cm³/mol. The van der Waals surface area contributed by atoms with E-state index in [1.807, 2.05) is 77.4 Å². The zero-order chi connectivity index (χ0) is 21.2. The molecule has 5 rings (SSSR count). The van der Waals surface area contributed by atoms with E-state index in [0.29, 0.717) is 17.6 Å². The number of thioether (sulfide) groups is 1. The van der Waals surface area contributed by atoms with Gasteiger partial charge >= 0.3 is 0 Å². The first kappa shape index (κ1) is 19.6. The largest absolute Gasteiger partial charge is 0.395 e. The number of aliphatic hydroxyl groups excluding tert-OH is 1. The van der Waals surface area contributed by atoms with Crippen molar-refractivity contribution in [3.63, 3.8) is 0 Å². The Morgan fingerprint density at radius 3 is 2.29 bits per heavy atom. The van der Waals surface area contributed by atoms with Crippen LogP contribution in [-0.2, 0) is 12.3 Å². The molecule has 5 nitrogen and oxygen atoms in total. The summed E-state index contributed by atoms with van der Waals surface area (Å²) in [7, 11) is 0. The number of aliphatic hydroxyl groups is 1. The van der Waals surface area contributed by atoms with Crippen LogP contribution < -0.4 is 5.56 Å². The zero-order valence-electron chi connectivity index (χ0n) is 16.8.